The molecule has 37 nitrogen and oxygen atoms in total. The number of imide groups is 1. The molecular formula is C110H161F2N11O26. The van der Waals surface area contributed by atoms with Crippen molar-refractivity contribution in [3.63, 3.8) is 0 Å². The molecule has 39 heteroatoms. The maximum Gasteiger partial charge on any atom is 0.328 e. The largest absolute Gasteiger partial charge is 0.495 e. The zero-order valence-electron chi connectivity index (χ0n) is 88.3. The van der Waals surface area contributed by atoms with Gasteiger partial charge in [-0.3, -0.25) is 48.6 Å². The standard InChI is InChI=1S/C110H161F2N11O26/c1-7-8-9-10-11-12-16-19-22-43-122(100(127)23-20-17-14-13-15-18-21-24-101(128)129)94(107(133)134)32-34-97(124)113-42-51-138-53-55-140-57-59-142-61-63-144-65-67-146-69-71-148-73-72-147-70-68-145-66-64-143-62-60-141-58-56-139-54-52-137-50-37-99(126)116-81(2)74-102(130)149-109(4,5)86-30-31-88(91(112)76-86)105(131)118-92-78-87(111)77-89(82(92)3)103-90-79-93(117-104(90)115-80-114-103)84-27-25-83(26-28-84)35-44-120-46-38-110(39-47-120)40-48-121(49-41-110)106(132)85-29-33-96(136-6)95(75-85)123-45-36-98(125)119-108(123)135/h25-31,33,75-81,94H,7-24,32,34-74H2,1-6H3,(H,113,124)(H,116,126)(H,118,131)(H,128,129)(H,133,134)(H,114,115,117)(H,119,125,135)/t81-,94?/m0/s1. The Labute approximate surface area is 875 Å². The molecule has 0 saturated carbocycles. The third-order valence-corrected chi connectivity index (χ3v) is 26.8. The van der Waals surface area contributed by atoms with Crippen LogP contribution in [0.4, 0.5) is 25.0 Å². The molecular weight excluding hydrogens is 1930 g/mol. The number of nitrogens with zero attached hydrogens (tertiary/aromatic N) is 6. The highest BCUT2D eigenvalue weighted by molar-refractivity contribution is 6.08. The number of carbonyl (C=O) groups excluding carboxylic acids is 8. The van der Waals surface area contributed by atoms with E-state index in [1.54, 1.807) is 45.9 Å². The molecule has 0 bridgehead atoms. The van der Waals surface area contributed by atoms with Gasteiger partial charge in [0.15, 0.2) is 0 Å². The van der Waals surface area contributed by atoms with Gasteiger partial charge in [0.2, 0.25) is 23.6 Å². The molecule has 4 aromatic carbocycles. The first kappa shape index (κ1) is 122. The van der Waals surface area contributed by atoms with Crippen LogP contribution < -0.4 is 30.9 Å². The van der Waals surface area contributed by atoms with Gasteiger partial charge >= 0.3 is 23.9 Å². The fourth-order valence-electron chi connectivity index (χ4n) is 18.1. The molecule has 0 radical (unpaired) electrons. The van der Waals surface area contributed by atoms with Crippen LogP contribution in [-0.2, 0) is 107 Å². The van der Waals surface area contributed by atoms with Crippen LogP contribution >= 0.6 is 0 Å². The third kappa shape index (κ3) is 45.0. The molecule has 1 unspecified atom stereocenters. The number of anilines is 2. The van der Waals surface area contributed by atoms with E-state index in [4.69, 9.17) is 71.4 Å². The summed E-state index contributed by atoms with van der Waals surface area (Å²) in [5, 5.41) is 30.3. The highest BCUT2D eigenvalue weighted by Gasteiger charge is 2.40. The first-order valence-corrected chi connectivity index (χ1v) is 53.3. The monoisotopic (exact) mass is 2090 g/mol. The molecule has 1 spiro atoms. The Kier molecular flexibility index (Phi) is 56.4. The topological polar surface area (TPSA) is 443 Å². The van der Waals surface area contributed by atoms with Crippen molar-refractivity contribution in [3.8, 4) is 28.3 Å². The summed E-state index contributed by atoms with van der Waals surface area (Å²) in [6, 6.07) is 19.4. The summed E-state index contributed by atoms with van der Waals surface area (Å²) in [6.07, 6.45) is 22.3. The lowest BCUT2D eigenvalue weighted by atomic mass is 9.71. The van der Waals surface area contributed by atoms with Crippen LogP contribution in [0.5, 0.6) is 5.75 Å². The lowest BCUT2D eigenvalue weighted by Gasteiger charge is -2.47. The number of likely N-dealkylation sites (tertiary alicyclic amines) is 2. The number of aliphatic carboxylic acids is 2. The van der Waals surface area contributed by atoms with Gasteiger partial charge in [0.25, 0.3) is 11.8 Å². The molecule has 2 atom stereocenters. The second-order valence-corrected chi connectivity index (χ2v) is 38.4. The predicted molar refractivity (Wildman–Crippen MR) is 557 cm³/mol. The number of ether oxygens (including phenoxy) is 14. The van der Waals surface area contributed by atoms with Crippen molar-refractivity contribution in [1.82, 2.24) is 45.6 Å². The van der Waals surface area contributed by atoms with Gasteiger partial charge in [0.1, 0.15) is 41.0 Å². The summed E-state index contributed by atoms with van der Waals surface area (Å²) >= 11 is 0. The van der Waals surface area contributed by atoms with Crippen molar-refractivity contribution in [3.05, 3.63) is 125 Å². The number of benzene rings is 4. The fraction of sp³-hybridized carbons (Fsp3) is 0.636. The SMILES string of the molecule is CCCCCCCCCCCN(C(=O)CCCCCCCCCC(=O)O)C(CCC(=O)NCCOCCOCCOCCOCCOCCOCCOCCOCCOCCOCCOCCOCCC(=O)N[C@@H](C)CC(=O)OC(C)(C)c1ccc(C(=O)Nc2cc(F)cc(-c3ncnc4[nH]c(-c5ccc(CCN6CCC7(CC6)CCN(C(=O)c6ccc(OC)c(N8CCC(=O)NC8=O)c6)CC7)cc5)cc34)c2C)c(F)c1)C(=O)O. The Hall–Kier alpha value is -10.7. The van der Waals surface area contributed by atoms with E-state index in [0.29, 0.717) is 216 Å². The van der Waals surface area contributed by atoms with Crippen molar-refractivity contribution < 1.29 is 133 Å². The second kappa shape index (κ2) is 69.0. The number of H-pyrrole nitrogens is 1. The van der Waals surface area contributed by atoms with Crippen LogP contribution in [0, 0.1) is 24.0 Å². The van der Waals surface area contributed by atoms with Crippen molar-refractivity contribution in [2.24, 2.45) is 5.41 Å². The molecule has 5 heterocycles. The van der Waals surface area contributed by atoms with Crippen molar-refractivity contribution in [2.45, 2.75) is 232 Å². The molecule has 6 aromatic rings. The maximum atomic E-state index is 16.0. The van der Waals surface area contributed by atoms with Crippen molar-refractivity contribution in [1.29, 1.82) is 0 Å². The zero-order valence-corrected chi connectivity index (χ0v) is 88.3. The number of methoxy groups -OCH3 is 1. The first-order chi connectivity index (χ1) is 72.2. The smallest absolute Gasteiger partial charge is 0.328 e. The highest BCUT2D eigenvalue weighted by atomic mass is 19.1. The number of nitrogens with one attached hydrogen (secondary N) is 5. The molecule has 3 saturated heterocycles. The van der Waals surface area contributed by atoms with E-state index >= 15 is 8.78 Å². The summed E-state index contributed by atoms with van der Waals surface area (Å²) in [5.74, 6) is -5.78. The predicted octanol–water partition coefficient (Wildman–Crippen LogP) is 14.7. The molecule has 9 rings (SSSR count). The number of aromatic nitrogens is 3. The number of rotatable bonds is 79. The first-order valence-electron chi connectivity index (χ1n) is 53.3. The minimum absolute atomic E-state index is 0.0164. The number of esters is 1. The van der Waals surface area contributed by atoms with E-state index in [1.807, 2.05) is 11.0 Å². The van der Waals surface area contributed by atoms with Gasteiger partial charge in [-0.1, -0.05) is 121 Å². The van der Waals surface area contributed by atoms with E-state index in [9.17, 15) is 53.1 Å². The molecule has 2 aromatic heterocycles. The number of carboxylic acids is 2. The second-order valence-electron chi connectivity index (χ2n) is 38.4. The van der Waals surface area contributed by atoms with E-state index in [2.05, 4.69) is 72.3 Å². The number of aromatic amines is 1. The summed E-state index contributed by atoms with van der Waals surface area (Å²) in [4.78, 5) is 148. The Morgan fingerprint density at radius 2 is 1.10 bits per heavy atom. The maximum absolute atomic E-state index is 16.0. The number of urea groups is 1. The summed E-state index contributed by atoms with van der Waals surface area (Å²) in [6.45, 7) is 22.4. The quantitative estimate of drug-likeness (QED) is 0.0138. The minimum Gasteiger partial charge on any atom is -0.495 e. The molecule has 0 aliphatic carbocycles. The number of unbranched alkanes of at least 4 members (excludes halogenated alkanes) is 14. The van der Waals surface area contributed by atoms with Crippen molar-refractivity contribution in [2.75, 3.05) is 228 Å². The zero-order chi connectivity index (χ0) is 107. The van der Waals surface area contributed by atoms with Gasteiger partial charge in [-0.25, -0.2) is 28.3 Å². The number of amides is 8. The number of hydrogen-bond donors (Lipinski definition) is 7. The Balaban J connectivity index is 0.514. The lowest BCUT2D eigenvalue weighted by molar-refractivity contribution is -0.158. The number of carboxylic acid groups (broad SMARTS) is 2. The van der Waals surface area contributed by atoms with Crippen LogP contribution in [0.3, 0.4) is 0 Å². The number of fused-ring (bicyclic) bond motifs is 1. The van der Waals surface area contributed by atoms with E-state index in [-0.39, 0.29) is 136 Å². The van der Waals surface area contributed by atoms with Gasteiger partial charge in [-0.05, 0) is 175 Å². The Morgan fingerprint density at radius 1 is 0.570 bits per heavy atom. The molecule has 826 valence electrons. The van der Waals surface area contributed by atoms with Crippen LogP contribution in [0.2, 0.25) is 0 Å². The van der Waals surface area contributed by atoms with Gasteiger partial charge in [0, 0.05) is 105 Å². The number of carbonyl (C=O) groups is 10. The van der Waals surface area contributed by atoms with E-state index in [1.165, 1.54) is 79.1 Å². The normalized spacial score (nSPS) is 14.3. The van der Waals surface area contributed by atoms with Crippen LogP contribution in [-0.4, -0.2) is 329 Å². The molecule has 8 amide bonds. The Morgan fingerprint density at radius 3 is 1.64 bits per heavy atom. The third-order valence-electron chi connectivity index (χ3n) is 26.8. The lowest BCUT2D eigenvalue weighted by Crippen LogP contribution is -2.50. The molecule has 3 fully saturated rings. The van der Waals surface area contributed by atoms with Gasteiger partial charge in [-0.15, -0.1) is 0 Å². The Bertz CT molecular complexity index is 5040. The van der Waals surface area contributed by atoms with Crippen molar-refractivity contribution >= 4 is 81.8 Å². The van der Waals surface area contributed by atoms with Gasteiger partial charge in [0.05, 0.1) is 189 Å². The number of halogens is 2. The molecule has 149 heavy (non-hydrogen) atoms. The molecule has 3 aliphatic heterocycles. The highest BCUT2D eigenvalue weighted by Crippen LogP contribution is 2.43. The number of hydrogen-bond acceptors (Lipinski definition) is 27. The summed E-state index contributed by atoms with van der Waals surface area (Å²) in [7, 11) is 1.50. The van der Waals surface area contributed by atoms with Gasteiger partial charge < -0.3 is 112 Å². The summed E-state index contributed by atoms with van der Waals surface area (Å²) < 4.78 is 110. The van der Waals surface area contributed by atoms with Crippen LogP contribution in [0.1, 0.15) is 238 Å². The average molecular weight is 2090 g/mol. The van der Waals surface area contributed by atoms with E-state index < -0.39 is 59.2 Å². The van der Waals surface area contributed by atoms with Gasteiger partial charge in [-0.2, -0.15) is 0 Å². The molecule has 7 N–H and O–H groups in total. The average Bonchev–Trinajstić information content (AvgIpc) is 1.65. The fourth-order valence-corrected chi connectivity index (χ4v) is 18.1. The van der Waals surface area contributed by atoms with Crippen LogP contribution in [0.25, 0.3) is 33.5 Å². The van der Waals surface area contributed by atoms with Crippen LogP contribution in [0.15, 0.2) is 85.2 Å². The minimum atomic E-state index is -1.35. The van der Waals surface area contributed by atoms with E-state index in [0.717, 1.165) is 126 Å². The number of piperidine rings is 2. The summed E-state index contributed by atoms with van der Waals surface area (Å²) in [5.41, 5.74) is 4.43. The molecule has 3 aliphatic rings.